The van der Waals surface area contributed by atoms with Gasteiger partial charge in [-0.25, -0.2) is 4.79 Å². The van der Waals surface area contributed by atoms with Gasteiger partial charge in [0.15, 0.2) is 0 Å². The van der Waals surface area contributed by atoms with E-state index in [0.29, 0.717) is 0 Å². The molecule has 104 valence electrons. The zero-order chi connectivity index (χ0) is 14.6. The van der Waals surface area contributed by atoms with E-state index in [-0.39, 0.29) is 11.5 Å². The van der Waals surface area contributed by atoms with Gasteiger partial charge >= 0.3 is 5.97 Å². The van der Waals surface area contributed by atoms with Gasteiger partial charge in [0.25, 0.3) is 0 Å². The smallest absolute Gasteiger partial charge is 0.350 e. The summed E-state index contributed by atoms with van der Waals surface area (Å²) in [6, 6.07) is 0. The number of oxime groups is 1. The normalized spacial score (nSPS) is 12.9. The minimum absolute atomic E-state index is 0.00218. The molecule has 0 rings (SSSR count). The Kier molecular flexibility index (Phi) is 5.82. The third-order valence-corrected chi connectivity index (χ3v) is 3.12. The van der Waals surface area contributed by atoms with Crippen LogP contribution in [0.3, 0.4) is 0 Å². The zero-order valence-electron chi connectivity index (χ0n) is 12.3. The first kappa shape index (κ1) is 16.9. The van der Waals surface area contributed by atoms with Crippen molar-refractivity contribution < 1.29 is 18.5 Å². The van der Waals surface area contributed by atoms with Crippen molar-refractivity contribution in [1.82, 2.24) is 0 Å². The Morgan fingerprint density at radius 2 is 1.44 bits per heavy atom. The van der Waals surface area contributed by atoms with Crippen molar-refractivity contribution in [3.63, 3.8) is 0 Å². The van der Waals surface area contributed by atoms with E-state index < -0.39 is 22.6 Å². The zero-order valence-corrected chi connectivity index (χ0v) is 14.3. The van der Waals surface area contributed by atoms with Gasteiger partial charge in [-0.15, -0.1) is 0 Å². The summed E-state index contributed by atoms with van der Waals surface area (Å²) in [6.07, 6.45) is 0. The van der Waals surface area contributed by atoms with Crippen LogP contribution in [0.2, 0.25) is 39.3 Å². The Morgan fingerprint density at radius 1 is 1.00 bits per heavy atom. The van der Waals surface area contributed by atoms with Crippen LogP contribution in [0.4, 0.5) is 0 Å². The second kappa shape index (κ2) is 6.19. The molecule has 0 aromatic rings. The molecule has 0 fully saturated rings. The molecule has 5 nitrogen and oxygen atoms in total. The summed E-state index contributed by atoms with van der Waals surface area (Å²) < 4.78 is 11.0. The molecular formula is C11H23NO4Si2. The molecule has 7 heteroatoms. The minimum atomic E-state index is -1.99. The lowest BCUT2D eigenvalue weighted by Gasteiger charge is -2.23. The van der Waals surface area contributed by atoms with Crippen LogP contribution >= 0.6 is 0 Å². The van der Waals surface area contributed by atoms with Gasteiger partial charge in [-0.2, -0.15) is 0 Å². The van der Waals surface area contributed by atoms with E-state index in [1.54, 1.807) is 0 Å². The maximum absolute atomic E-state index is 12.0. The first-order valence-electron chi connectivity index (χ1n) is 5.69. The Labute approximate surface area is 111 Å². The monoisotopic (exact) mass is 289 g/mol. The molecule has 0 N–H and O–H groups in total. The molecule has 0 saturated heterocycles. The predicted octanol–water partition coefficient (Wildman–Crippen LogP) is 2.73. The summed E-state index contributed by atoms with van der Waals surface area (Å²) in [6.45, 7) is 15.4. The lowest BCUT2D eigenvalue weighted by atomic mass is 10.3. The summed E-state index contributed by atoms with van der Waals surface area (Å²) in [4.78, 5) is 16.6. The summed E-state index contributed by atoms with van der Waals surface area (Å²) in [5.74, 6) is -0.335. The Hall–Kier alpha value is -1.09. The first-order chi connectivity index (χ1) is 7.96. The van der Waals surface area contributed by atoms with Crippen LogP contribution in [0.5, 0.6) is 0 Å². The van der Waals surface area contributed by atoms with Gasteiger partial charge in [-0.05, 0) is 39.3 Å². The number of hydrogen-bond acceptors (Lipinski definition) is 5. The van der Waals surface area contributed by atoms with Crippen LogP contribution in [0, 0.1) is 0 Å². The molecule has 0 spiro atoms. The van der Waals surface area contributed by atoms with Gasteiger partial charge < -0.3 is 13.7 Å². The predicted molar refractivity (Wildman–Crippen MR) is 77.5 cm³/mol. The number of rotatable bonds is 6. The second-order valence-corrected chi connectivity index (χ2v) is 14.6. The number of nitrogens with zero attached hydrogens (tertiary/aromatic N) is 1. The molecule has 0 saturated carbocycles. The number of carbonyl (C=O) groups is 1. The molecule has 0 aliphatic carbocycles. The molecule has 18 heavy (non-hydrogen) atoms. The van der Waals surface area contributed by atoms with Crippen molar-refractivity contribution in [3.05, 3.63) is 12.3 Å². The first-order valence-corrected chi connectivity index (χ1v) is 12.5. The number of hydrogen-bond donors (Lipinski definition) is 0. The lowest BCUT2D eigenvalue weighted by Crippen LogP contribution is -2.36. The molecular weight excluding hydrogens is 266 g/mol. The van der Waals surface area contributed by atoms with Crippen LogP contribution in [0.25, 0.3) is 0 Å². The van der Waals surface area contributed by atoms with Crippen LogP contribution in [0.15, 0.2) is 17.5 Å². The molecule has 0 heterocycles. The Bertz CT molecular complexity index is 323. The third kappa shape index (κ3) is 7.28. The van der Waals surface area contributed by atoms with E-state index in [9.17, 15) is 4.79 Å². The average Bonchev–Trinajstić information content (AvgIpc) is 2.07. The standard InChI is InChI=1S/C11H23NO4Si2/c1-9(15-17(3,4)5)10(12-14-2)11(13)16-18(6,7)8/h1H2,2-8H3/b12-10+. The van der Waals surface area contributed by atoms with Crippen molar-refractivity contribution >= 4 is 28.3 Å². The van der Waals surface area contributed by atoms with Crippen molar-refractivity contribution in [2.24, 2.45) is 5.16 Å². The molecule has 0 amide bonds. The Morgan fingerprint density at radius 3 is 1.78 bits per heavy atom. The molecule has 0 unspecified atom stereocenters. The molecule has 0 aromatic heterocycles. The van der Waals surface area contributed by atoms with Crippen LogP contribution < -0.4 is 0 Å². The molecule has 0 aliphatic rings. The fraction of sp³-hybridized carbons (Fsp3) is 0.636. The lowest BCUT2D eigenvalue weighted by molar-refractivity contribution is -0.127. The minimum Gasteiger partial charge on any atom is -0.543 e. The molecule has 0 bridgehead atoms. The second-order valence-electron chi connectivity index (χ2n) is 5.76. The highest BCUT2D eigenvalue weighted by Crippen LogP contribution is 2.13. The van der Waals surface area contributed by atoms with E-state index in [1.807, 2.05) is 39.3 Å². The summed E-state index contributed by atoms with van der Waals surface area (Å²) in [5, 5.41) is 3.65. The van der Waals surface area contributed by atoms with Gasteiger partial charge in [0.2, 0.25) is 22.3 Å². The highest BCUT2D eigenvalue weighted by molar-refractivity contribution is 6.73. The van der Waals surface area contributed by atoms with Gasteiger partial charge in [-0.3, -0.25) is 0 Å². The van der Waals surface area contributed by atoms with Gasteiger partial charge in [-0.1, -0.05) is 11.7 Å². The summed E-state index contributed by atoms with van der Waals surface area (Å²) in [7, 11) is -2.47. The summed E-state index contributed by atoms with van der Waals surface area (Å²) in [5.41, 5.74) is 0.00218. The SMILES string of the molecule is C=C(O[Si](C)(C)C)/C(=N\OC)C(=O)O[Si](C)(C)C. The highest BCUT2D eigenvalue weighted by Gasteiger charge is 2.29. The topological polar surface area (TPSA) is 57.1 Å². The van der Waals surface area contributed by atoms with Crippen molar-refractivity contribution in [2.75, 3.05) is 7.11 Å². The molecule has 0 aliphatic heterocycles. The fourth-order valence-corrected chi connectivity index (χ4v) is 2.53. The van der Waals surface area contributed by atoms with Crippen molar-refractivity contribution in [1.29, 1.82) is 0 Å². The van der Waals surface area contributed by atoms with E-state index in [1.165, 1.54) is 7.11 Å². The number of carbonyl (C=O) groups excluding carboxylic acids is 1. The fourth-order valence-electron chi connectivity index (χ4n) is 1.04. The van der Waals surface area contributed by atoms with Crippen LogP contribution in [-0.4, -0.2) is 35.4 Å². The van der Waals surface area contributed by atoms with Crippen molar-refractivity contribution in [3.8, 4) is 0 Å². The van der Waals surface area contributed by atoms with E-state index in [4.69, 9.17) is 8.85 Å². The quantitative estimate of drug-likeness (QED) is 0.326. The van der Waals surface area contributed by atoms with Gasteiger partial charge in [0, 0.05) is 0 Å². The van der Waals surface area contributed by atoms with Crippen LogP contribution in [0.1, 0.15) is 0 Å². The van der Waals surface area contributed by atoms with E-state index in [0.717, 1.165) is 0 Å². The van der Waals surface area contributed by atoms with E-state index in [2.05, 4.69) is 16.6 Å². The molecule has 0 aromatic carbocycles. The van der Waals surface area contributed by atoms with Gasteiger partial charge in [0.05, 0.1) is 0 Å². The van der Waals surface area contributed by atoms with Crippen molar-refractivity contribution in [2.45, 2.75) is 39.3 Å². The third-order valence-electron chi connectivity index (χ3n) is 1.47. The molecule has 0 radical (unpaired) electrons. The Balaban J connectivity index is 4.94. The highest BCUT2D eigenvalue weighted by atomic mass is 28.4. The maximum atomic E-state index is 12.0. The van der Waals surface area contributed by atoms with Crippen LogP contribution in [-0.2, 0) is 18.5 Å². The largest absolute Gasteiger partial charge is 0.543 e. The maximum Gasteiger partial charge on any atom is 0.350 e. The average molecular weight is 289 g/mol. The summed E-state index contributed by atoms with van der Waals surface area (Å²) >= 11 is 0. The van der Waals surface area contributed by atoms with E-state index >= 15 is 0 Å². The molecule has 0 atom stereocenters. The van der Waals surface area contributed by atoms with Gasteiger partial charge in [0.1, 0.15) is 12.9 Å².